The Balaban J connectivity index is 1.89. The monoisotopic (exact) mass is 222 g/mol. The van der Waals surface area contributed by atoms with Crippen molar-refractivity contribution < 1.29 is 0 Å². The maximum Gasteiger partial charge on any atom is 0.0925 e. The number of imidazole rings is 1. The zero-order valence-electron chi connectivity index (χ0n) is 10.5. The summed E-state index contributed by atoms with van der Waals surface area (Å²) in [7, 11) is 2.20. The highest BCUT2D eigenvalue weighted by molar-refractivity contribution is 5.15. The minimum Gasteiger partial charge on any atom is -0.347 e. The first-order chi connectivity index (χ1) is 7.70. The van der Waals surface area contributed by atoms with Crippen LogP contribution in [-0.2, 0) is 13.0 Å². The first kappa shape index (κ1) is 11.6. The minimum atomic E-state index is 0.537. The molecule has 0 bridgehead atoms. The molecule has 0 aliphatic carbocycles. The van der Waals surface area contributed by atoms with E-state index in [0.717, 1.165) is 19.5 Å². The van der Waals surface area contributed by atoms with Gasteiger partial charge in [-0.3, -0.25) is 0 Å². The van der Waals surface area contributed by atoms with Crippen molar-refractivity contribution in [3.05, 3.63) is 17.7 Å². The Labute approximate surface area is 97.4 Å². The van der Waals surface area contributed by atoms with Gasteiger partial charge in [0.1, 0.15) is 0 Å². The van der Waals surface area contributed by atoms with Crippen LogP contribution in [0.5, 0.6) is 0 Å². The molecule has 1 aromatic rings. The van der Waals surface area contributed by atoms with Crippen LogP contribution in [0.1, 0.15) is 31.7 Å². The molecule has 0 fully saturated rings. The van der Waals surface area contributed by atoms with E-state index in [0.29, 0.717) is 12.1 Å². The number of H-pyrrole nitrogens is 1. The molecule has 1 aliphatic heterocycles. The molecule has 0 saturated heterocycles. The summed E-state index contributed by atoms with van der Waals surface area (Å²) < 4.78 is 0. The van der Waals surface area contributed by atoms with Crippen molar-refractivity contribution in [3.63, 3.8) is 0 Å². The van der Waals surface area contributed by atoms with E-state index < -0.39 is 0 Å². The molecular formula is C12H22N4. The van der Waals surface area contributed by atoms with Crippen molar-refractivity contribution >= 4 is 0 Å². The van der Waals surface area contributed by atoms with Gasteiger partial charge in [-0.25, -0.2) is 4.98 Å². The van der Waals surface area contributed by atoms with Gasteiger partial charge in [-0.05, 0) is 20.4 Å². The molecule has 2 unspecified atom stereocenters. The highest BCUT2D eigenvalue weighted by atomic mass is 15.2. The Kier molecular flexibility index (Phi) is 3.61. The van der Waals surface area contributed by atoms with E-state index in [1.165, 1.54) is 17.8 Å². The fourth-order valence-corrected chi connectivity index (χ4v) is 2.20. The molecule has 2 N–H and O–H groups in total. The summed E-state index contributed by atoms with van der Waals surface area (Å²) >= 11 is 0. The topological polar surface area (TPSA) is 44.0 Å². The molecule has 2 heterocycles. The molecule has 16 heavy (non-hydrogen) atoms. The predicted molar refractivity (Wildman–Crippen MR) is 65.3 cm³/mol. The lowest BCUT2D eigenvalue weighted by atomic mass is 10.0. The number of hydrogen-bond acceptors (Lipinski definition) is 3. The number of fused-ring (bicyclic) bond motifs is 1. The van der Waals surface area contributed by atoms with Gasteiger partial charge in [-0.1, -0.05) is 6.92 Å². The largest absolute Gasteiger partial charge is 0.347 e. The number of likely N-dealkylation sites (N-methyl/N-ethyl adjacent to an activating group) is 1. The Morgan fingerprint density at radius 3 is 3.19 bits per heavy atom. The number of rotatable bonds is 4. The molecule has 2 rings (SSSR count). The zero-order chi connectivity index (χ0) is 11.5. The molecule has 4 nitrogen and oxygen atoms in total. The Morgan fingerprint density at radius 2 is 2.44 bits per heavy atom. The number of hydrogen-bond donors (Lipinski definition) is 2. The van der Waals surface area contributed by atoms with Crippen LogP contribution in [0.25, 0.3) is 0 Å². The summed E-state index contributed by atoms with van der Waals surface area (Å²) in [6, 6.07) is 1.19. The van der Waals surface area contributed by atoms with Crippen LogP contribution in [0.15, 0.2) is 6.33 Å². The summed E-state index contributed by atoms with van der Waals surface area (Å²) in [6.45, 7) is 6.54. The lowest BCUT2D eigenvalue weighted by Crippen LogP contribution is -2.45. The summed E-state index contributed by atoms with van der Waals surface area (Å²) in [6.07, 6.45) is 4.05. The second-order valence-electron chi connectivity index (χ2n) is 4.81. The molecule has 1 aromatic heterocycles. The van der Waals surface area contributed by atoms with Crippen LogP contribution >= 0.6 is 0 Å². The third-order valence-electron chi connectivity index (χ3n) is 3.67. The molecule has 90 valence electrons. The Hall–Kier alpha value is -0.870. The maximum atomic E-state index is 4.37. The van der Waals surface area contributed by atoms with E-state index in [-0.39, 0.29) is 0 Å². The average molecular weight is 222 g/mol. The first-order valence-electron chi connectivity index (χ1n) is 6.15. The summed E-state index contributed by atoms with van der Waals surface area (Å²) in [5.74, 6) is 0. The van der Waals surface area contributed by atoms with Gasteiger partial charge in [-0.15, -0.1) is 0 Å². The van der Waals surface area contributed by atoms with Crippen LogP contribution in [0.4, 0.5) is 0 Å². The fraction of sp³-hybridized carbons (Fsp3) is 0.750. The van der Waals surface area contributed by atoms with Crippen LogP contribution in [-0.4, -0.2) is 40.5 Å². The molecule has 0 saturated carbocycles. The molecule has 0 spiro atoms. The first-order valence-corrected chi connectivity index (χ1v) is 6.15. The van der Waals surface area contributed by atoms with Gasteiger partial charge in [0.05, 0.1) is 17.7 Å². The van der Waals surface area contributed by atoms with Crippen molar-refractivity contribution in [2.75, 3.05) is 13.6 Å². The normalized spacial score (nSPS) is 22.1. The van der Waals surface area contributed by atoms with E-state index in [1.807, 2.05) is 0 Å². The van der Waals surface area contributed by atoms with Crippen molar-refractivity contribution in [3.8, 4) is 0 Å². The summed E-state index contributed by atoms with van der Waals surface area (Å²) in [5.41, 5.74) is 2.49. The highest BCUT2D eigenvalue weighted by Crippen LogP contribution is 2.13. The van der Waals surface area contributed by atoms with E-state index >= 15 is 0 Å². The van der Waals surface area contributed by atoms with Crippen molar-refractivity contribution in [2.24, 2.45) is 0 Å². The summed E-state index contributed by atoms with van der Waals surface area (Å²) in [5, 5.41) is 3.56. The Bertz CT molecular complexity index is 334. The lowest BCUT2D eigenvalue weighted by Gasteiger charge is -2.30. The van der Waals surface area contributed by atoms with Crippen LogP contribution in [0, 0.1) is 0 Å². The van der Waals surface area contributed by atoms with Crippen molar-refractivity contribution in [2.45, 2.75) is 45.3 Å². The average Bonchev–Trinajstić information content (AvgIpc) is 2.75. The Morgan fingerprint density at radius 1 is 1.62 bits per heavy atom. The van der Waals surface area contributed by atoms with Gasteiger partial charge < -0.3 is 15.2 Å². The standard InChI is InChI=1S/C12H22N4/c1-4-9(2)16(3)7-10-5-11-12(6-13-10)15-8-14-11/h8-10,13H,4-7H2,1-3H3,(H,14,15). The van der Waals surface area contributed by atoms with Gasteiger partial charge in [0.2, 0.25) is 0 Å². The number of nitrogens with zero attached hydrogens (tertiary/aromatic N) is 2. The molecule has 2 atom stereocenters. The highest BCUT2D eigenvalue weighted by Gasteiger charge is 2.21. The fourth-order valence-electron chi connectivity index (χ4n) is 2.20. The van der Waals surface area contributed by atoms with Crippen molar-refractivity contribution in [1.29, 1.82) is 0 Å². The SMILES string of the molecule is CCC(C)N(C)CC1Cc2nc[nH]c2CN1. The van der Waals surface area contributed by atoms with Crippen LogP contribution < -0.4 is 5.32 Å². The number of nitrogens with one attached hydrogen (secondary N) is 2. The third kappa shape index (κ3) is 2.44. The van der Waals surface area contributed by atoms with Gasteiger partial charge in [0, 0.05) is 31.6 Å². The second-order valence-corrected chi connectivity index (χ2v) is 4.81. The smallest absolute Gasteiger partial charge is 0.0925 e. The van der Waals surface area contributed by atoms with Crippen LogP contribution in [0.2, 0.25) is 0 Å². The van der Waals surface area contributed by atoms with Gasteiger partial charge in [0.25, 0.3) is 0 Å². The second kappa shape index (κ2) is 4.97. The number of aromatic amines is 1. The quantitative estimate of drug-likeness (QED) is 0.803. The predicted octanol–water partition coefficient (Wildman–Crippen LogP) is 1.15. The van der Waals surface area contributed by atoms with Gasteiger partial charge >= 0.3 is 0 Å². The van der Waals surface area contributed by atoms with E-state index in [1.54, 1.807) is 6.33 Å². The van der Waals surface area contributed by atoms with Crippen molar-refractivity contribution in [1.82, 2.24) is 20.2 Å². The molecule has 4 heteroatoms. The van der Waals surface area contributed by atoms with E-state index in [9.17, 15) is 0 Å². The molecule has 1 aliphatic rings. The molecule has 0 radical (unpaired) electrons. The molecular weight excluding hydrogens is 200 g/mol. The summed E-state index contributed by atoms with van der Waals surface area (Å²) in [4.78, 5) is 9.97. The van der Waals surface area contributed by atoms with Gasteiger partial charge in [-0.2, -0.15) is 0 Å². The van der Waals surface area contributed by atoms with Crippen LogP contribution in [0.3, 0.4) is 0 Å². The van der Waals surface area contributed by atoms with Gasteiger partial charge in [0.15, 0.2) is 0 Å². The van der Waals surface area contributed by atoms with E-state index in [4.69, 9.17) is 0 Å². The third-order valence-corrected chi connectivity index (χ3v) is 3.67. The minimum absolute atomic E-state index is 0.537. The molecule has 0 aromatic carbocycles. The number of aromatic nitrogens is 2. The zero-order valence-corrected chi connectivity index (χ0v) is 10.5. The lowest BCUT2D eigenvalue weighted by molar-refractivity contribution is 0.218. The molecule has 0 amide bonds. The maximum absolute atomic E-state index is 4.37. The van der Waals surface area contributed by atoms with E-state index in [2.05, 4.69) is 41.1 Å².